The van der Waals surface area contributed by atoms with Crippen LogP contribution in [0.15, 0.2) is 0 Å². The molecule has 102 valence electrons. The molecule has 1 fully saturated rings. The molecule has 3 amide bonds. The molecule has 0 radical (unpaired) electrons. The summed E-state index contributed by atoms with van der Waals surface area (Å²) in [6.07, 6.45) is 3.14. The van der Waals surface area contributed by atoms with Gasteiger partial charge in [-0.05, 0) is 19.3 Å². The Morgan fingerprint density at radius 2 is 1.83 bits per heavy atom. The molecule has 0 aliphatic carbocycles. The lowest BCUT2D eigenvalue weighted by atomic mass is 10.2. The molecule has 1 rings (SSSR count). The van der Waals surface area contributed by atoms with E-state index in [9.17, 15) is 14.4 Å². The lowest BCUT2D eigenvalue weighted by molar-refractivity contribution is -0.138. The number of imide groups is 1. The lowest BCUT2D eigenvalue weighted by Crippen LogP contribution is -2.34. The molecule has 2 N–H and O–H groups in total. The van der Waals surface area contributed by atoms with E-state index in [1.54, 1.807) is 0 Å². The van der Waals surface area contributed by atoms with E-state index >= 15 is 0 Å². The Morgan fingerprint density at radius 3 is 2.44 bits per heavy atom. The molecule has 6 heteroatoms. The first-order chi connectivity index (χ1) is 8.65. The van der Waals surface area contributed by atoms with Crippen molar-refractivity contribution in [2.24, 2.45) is 0 Å². The van der Waals surface area contributed by atoms with Crippen LogP contribution in [-0.2, 0) is 14.4 Å². The molecule has 0 atom stereocenters. The van der Waals surface area contributed by atoms with E-state index in [0.29, 0.717) is 6.54 Å². The van der Waals surface area contributed by atoms with Gasteiger partial charge in [0.05, 0.1) is 0 Å². The topological polar surface area (TPSA) is 86.7 Å². The zero-order valence-corrected chi connectivity index (χ0v) is 10.5. The predicted molar refractivity (Wildman–Crippen MR) is 64.5 cm³/mol. The molecule has 18 heavy (non-hydrogen) atoms. The van der Waals surface area contributed by atoms with Gasteiger partial charge < -0.3 is 10.4 Å². The molecule has 0 unspecified atom stereocenters. The SMILES string of the molecule is O=C(CCN1C(=O)CCC1=O)NCCCCCO. The minimum absolute atomic E-state index is 0.147. The Labute approximate surface area is 106 Å². The van der Waals surface area contributed by atoms with Crippen molar-refractivity contribution in [1.29, 1.82) is 0 Å². The fourth-order valence-corrected chi connectivity index (χ4v) is 1.82. The summed E-state index contributed by atoms with van der Waals surface area (Å²) in [5.74, 6) is -0.516. The smallest absolute Gasteiger partial charge is 0.229 e. The first-order valence-corrected chi connectivity index (χ1v) is 6.36. The van der Waals surface area contributed by atoms with Gasteiger partial charge in [-0.3, -0.25) is 19.3 Å². The summed E-state index contributed by atoms with van der Waals surface area (Å²) >= 11 is 0. The molecule has 0 aromatic heterocycles. The number of rotatable bonds is 8. The zero-order valence-electron chi connectivity index (χ0n) is 10.5. The van der Waals surface area contributed by atoms with Crippen LogP contribution in [0.2, 0.25) is 0 Å². The van der Waals surface area contributed by atoms with Crippen LogP contribution < -0.4 is 5.32 Å². The summed E-state index contributed by atoms with van der Waals surface area (Å²) in [7, 11) is 0. The van der Waals surface area contributed by atoms with Crippen molar-refractivity contribution in [3.63, 3.8) is 0 Å². The third kappa shape index (κ3) is 4.83. The Kier molecular flexibility index (Phi) is 6.35. The Balaban J connectivity index is 2.09. The fourth-order valence-electron chi connectivity index (χ4n) is 1.82. The average Bonchev–Trinajstić information content (AvgIpc) is 2.66. The van der Waals surface area contributed by atoms with Crippen LogP contribution in [-0.4, -0.2) is 47.4 Å². The summed E-state index contributed by atoms with van der Waals surface area (Å²) in [6.45, 7) is 0.925. The largest absolute Gasteiger partial charge is 0.396 e. The molecular weight excluding hydrogens is 236 g/mol. The number of aliphatic hydroxyl groups is 1. The van der Waals surface area contributed by atoms with Gasteiger partial charge in [-0.25, -0.2) is 0 Å². The van der Waals surface area contributed by atoms with Crippen molar-refractivity contribution in [1.82, 2.24) is 10.2 Å². The minimum Gasteiger partial charge on any atom is -0.396 e. The van der Waals surface area contributed by atoms with Crippen LogP contribution in [0.3, 0.4) is 0 Å². The highest BCUT2D eigenvalue weighted by Crippen LogP contribution is 2.11. The monoisotopic (exact) mass is 256 g/mol. The van der Waals surface area contributed by atoms with Gasteiger partial charge in [0.2, 0.25) is 17.7 Å². The van der Waals surface area contributed by atoms with Crippen molar-refractivity contribution < 1.29 is 19.5 Å². The molecule has 0 aromatic rings. The third-order valence-electron chi connectivity index (χ3n) is 2.87. The van der Waals surface area contributed by atoms with Gasteiger partial charge in [-0.15, -0.1) is 0 Å². The van der Waals surface area contributed by atoms with Gasteiger partial charge in [0.1, 0.15) is 0 Å². The second kappa shape index (κ2) is 7.81. The van der Waals surface area contributed by atoms with Crippen LogP contribution in [0.1, 0.15) is 38.5 Å². The van der Waals surface area contributed by atoms with Gasteiger partial charge >= 0.3 is 0 Å². The third-order valence-corrected chi connectivity index (χ3v) is 2.87. The Hall–Kier alpha value is -1.43. The van der Waals surface area contributed by atoms with Crippen LogP contribution in [0, 0.1) is 0 Å². The number of amides is 3. The van der Waals surface area contributed by atoms with Crippen molar-refractivity contribution in [2.45, 2.75) is 38.5 Å². The predicted octanol–water partition coefficient (Wildman–Crippen LogP) is -0.196. The number of carbonyl (C=O) groups is 3. The van der Waals surface area contributed by atoms with Gasteiger partial charge in [0, 0.05) is 39.0 Å². The quantitative estimate of drug-likeness (QED) is 0.465. The van der Waals surface area contributed by atoms with Gasteiger partial charge in [-0.2, -0.15) is 0 Å². The molecule has 0 saturated carbocycles. The average molecular weight is 256 g/mol. The second-order valence-electron chi connectivity index (χ2n) is 4.32. The van der Waals surface area contributed by atoms with Crippen molar-refractivity contribution >= 4 is 17.7 Å². The first kappa shape index (κ1) is 14.6. The maximum Gasteiger partial charge on any atom is 0.229 e. The highest BCUT2D eigenvalue weighted by molar-refractivity contribution is 6.02. The van der Waals surface area contributed by atoms with E-state index in [1.807, 2.05) is 0 Å². The lowest BCUT2D eigenvalue weighted by Gasteiger charge is -2.13. The number of hydrogen-bond donors (Lipinski definition) is 2. The minimum atomic E-state index is -0.184. The Bertz CT molecular complexity index is 301. The molecule has 6 nitrogen and oxygen atoms in total. The van der Waals surface area contributed by atoms with Crippen LogP contribution in [0.4, 0.5) is 0 Å². The number of hydrogen-bond acceptors (Lipinski definition) is 4. The van der Waals surface area contributed by atoms with Crippen molar-refractivity contribution in [3.8, 4) is 0 Å². The number of nitrogens with one attached hydrogen (secondary N) is 1. The van der Waals surface area contributed by atoms with Crippen LogP contribution >= 0.6 is 0 Å². The summed E-state index contributed by atoms with van der Waals surface area (Å²) in [5.41, 5.74) is 0. The van der Waals surface area contributed by atoms with E-state index in [2.05, 4.69) is 5.32 Å². The molecule has 0 aromatic carbocycles. The molecule has 1 heterocycles. The van der Waals surface area contributed by atoms with Crippen LogP contribution in [0.5, 0.6) is 0 Å². The van der Waals surface area contributed by atoms with Crippen molar-refractivity contribution in [3.05, 3.63) is 0 Å². The number of unbranched alkanes of at least 4 members (excludes halogenated alkanes) is 2. The Morgan fingerprint density at radius 1 is 1.17 bits per heavy atom. The summed E-state index contributed by atoms with van der Waals surface area (Å²) in [6, 6.07) is 0. The van der Waals surface area contributed by atoms with Gasteiger partial charge in [0.25, 0.3) is 0 Å². The maximum atomic E-state index is 11.4. The van der Waals surface area contributed by atoms with Crippen molar-refractivity contribution in [2.75, 3.05) is 19.7 Å². The van der Waals surface area contributed by atoms with Gasteiger partial charge in [-0.1, -0.05) is 0 Å². The highest BCUT2D eigenvalue weighted by Gasteiger charge is 2.28. The number of aliphatic hydroxyl groups excluding tert-OH is 1. The van der Waals surface area contributed by atoms with E-state index in [4.69, 9.17) is 5.11 Å². The molecule has 1 saturated heterocycles. The number of carbonyl (C=O) groups excluding carboxylic acids is 3. The van der Waals surface area contributed by atoms with E-state index in [-0.39, 0.29) is 50.1 Å². The molecule has 0 spiro atoms. The summed E-state index contributed by atoms with van der Waals surface area (Å²) in [4.78, 5) is 35.2. The van der Waals surface area contributed by atoms with Gasteiger partial charge in [0.15, 0.2) is 0 Å². The summed E-state index contributed by atoms with van der Waals surface area (Å²) in [5, 5.41) is 11.3. The standard InChI is InChI=1S/C12H20N2O4/c15-9-3-1-2-7-13-10(16)6-8-14-11(17)4-5-12(14)18/h15H,1-9H2,(H,13,16). The molecule has 1 aliphatic rings. The highest BCUT2D eigenvalue weighted by atomic mass is 16.3. The number of likely N-dealkylation sites (tertiary alicyclic amines) is 1. The molecule has 1 aliphatic heterocycles. The maximum absolute atomic E-state index is 11.4. The molecular formula is C12H20N2O4. The fraction of sp³-hybridized carbons (Fsp3) is 0.750. The molecule has 0 bridgehead atoms. The normalized spacial score (nSPS) is 15.3. The van der Waals surface area contributed by atoms with E-state index in [0.717, 1.165) is 24.2 Å². The van der Waals surface area contributed by atoms with E-state index in [1.165, 1.54) is 0 Å². The first-order valence-electron chi connectivity index (χ1n) is 6.36. The van der Waals surface area contributed by atoms with Crippen LogP contribution in [0.25, 0.3) is 0 Å². The van der Waals surface area contributed by atoms with E-state index < -0.39 is 0 Å². The summed E-state index contributed by atoms with van der Waals surface area (Å²) < 4.78 is 0. The number of nitrogens with zero attached hydrogens (tertiary/aromatic N) is 1. The second-order valence-corrected chi connectivity index (χ2v) is 4.32. The zero-order chi connectivity index (χ0) is 13.4.